The van der Waals surface area contributed by atoms with Gasteiger partial charge in [-0.1, -0.05) is 0 Å². The fraction of sp³-hybridized carbons (Fsp3) is 0.588. The van der Waals surface area contributed by atoms with Crippen LogP contribution in [0.15, 0.2) is 23.3 Å². The summed E-state index contributed by atoms with van der Waals surface area (Å²) in [6.07, 6.45) is 5.31. The first-order chi connectivity index (χ1) is 12.0. The van der Waals surface area contributed by atoms with Crippen molar-refractivity contribution in [2.24, 2.45) is 19.1 Å². The lowest BCUT2D eigenvalue weighted by Gasteiger charge is -2.23. The zero-order chi connectivity index (χ0) is 18.2. The van der Waals surface area contributed by atoms with Crippen molar-refractivity contribution in [1.29, 1.82) is 0 Å². The minimum atomic E-state index is 0.514. The maximum atomic E-state index is 4.77. The number of thioether (sulfide) groups is 1. The van der Waals surface area contributed by atoms with Crippen molar-refractivity contribution >= 4 is 17.7 Å². The Labute approximate surface area is 154 Å². The molecule has 0 aromatic carbocycles. The number of aliphatic imine (C=N–C) groups is 1. The van der Waals surface area contributed by atoms with Crippen molar-refractivity contribution in [1.82, 2.24) is 29.5 Å². The van der Waals surface area contributed by atoms with Crippen LogP contribution in [0.2, 0.25) is 0 Å². The summed E-state index contributed by atoms with van der Waals surface area (Å²) in [4.78, 5) is 6.92. The predicted molar refractivity (Wildman–Crippen MR) is 105 cm³/mol. The Morgan fingerprint density at radius 1 is 1.36 bits per heavy atom. The summed E-state index contributed by atoms with van der Waals surface area (Å²) in [5.41, 5.74) is 1.25. The lowest BCUT2D eigenvalue weighted by Crippen LogP contribution is -2.39. The highest BCUT2D eigenvalue weighted by Crippen LogP contribution is 2.05. The molecule has 0 saturated heterocycles. The Morgan fingerprint density at radius 3 is 2.76 bits per heavy atom. The van der Waals surface area contributed by atoms with E-state index in [9.17, 15) is 0 Å². The second-order valence-corrected chi connectivity index (χ2v) is 7.09. The van der Waals surface area contributed by atoms with Crippen molar-refractivity contribution < 1.29 is 0 Å². The monoisotopic (exact) mass is 363 g/mol. The van der Waals surface area contributed by atoms with Gasteiger partial charge in [0.1, 0.15) is 12.4 Å². The van der Waals surface area contributed by atoms with Gasteiger partial charge < -0.3 is 19.4 Å². The zero-order valence-corrected chi connectivity index (χ0v) is 16.7. The lowest BCUT2D eigenvalue weighted by atomic mass is 10.4. The topological polar surface area (TPSA) is 63.3 Å². The molecular weight excluding hydrogens is 334 g/mol. The Hall–Kier alpha value is -1.96. The third-order valence-corrected chi connectivity index (χ3v) is 4.87. The molecule has 0 bridgehead atoms. The number of rotatable bonds is 8. The van der Waals surface area contributed by atoms with Crippen LogP contribution in [-0.4, -0.2) is 55.8 Å². The van der Waals surface area contributed by atoms with E-state index in [1.54, 1.807) is 0 Å². The summed E-state index contributed by atoms with van der Waals surface area (Å²) < 4.78 is 4.11. The largest absolute Gasteiger partial charge is 0.356 e. The van der Waals surface area contributed by atoms with E-state index >= 15 is 0 Å². The van der Waals surface area contributed by atoms with Gasteiger partial charge >= 0.3 is 0 Å². The molecule has 0 saturated carbocycles. The number of aryl methyl sites for hydroxylation is 2. The zero-order valence-electron chi connectivity index (χ0n) is 15.9. The Bertz CT molecular complexity index is 689. The van der Waals surface area contributed by atoms with Gasteiger partial charge in [-0.25, -0.2) is 4.99 Å². The summed E-state index contributed by atoms with van der Waals surface area (Å²) in [5, 5.41) is 11.8. The van der Waals surface area contributed by atoms with E-state index in [-0.39, 0.29) is 0 Å². The van der Waals surface area contributed by atoms with Gasteiger partial charge in [0, 0.05) is 39.6 Å². The fourth-order valence-corrected chi connectivity index (χ4v) is 2.87. The standard InChI is InChI=1S/C17H29N7S/c1-14-20-21-16(24(14)4)12-19-17(18-9-7-11-25-5)23(3)13-15-8-6-10-22(15)2/h6,8,10H,7,9,11-13H2,1-5H3,(H,18,19). The van der Waals surface area contributed by atoms with E-state index in [4.69, 9.17) is 4.99 Å². The molecule has 2 rings (SSSR count). The number of aromatic nitrogens is 4. The molecule has 0 spiro atoms. The molecule has 0 aliphatic carbocycles. The maximum absolute atomic E-state index is 4.77. The molecule has 0 radical (unpaired) electrons. The highest BCUT2D eigenvalue weighted by Gasteiger charge is 2.10. The highest BCUT2D eigenvalue weighted by molar-refractivity contribution is 7.98. The minimum Gasteiger partial charge on any atom is -0.356 e. The van der Waals surface area contributed by atoms with Gasteiger partial charge in [0.2, 0.25) is 0 Å². The number of hydrogen-bond acceptors (Lipinski definition) is 4. The minimum absolute atomic E-state index is 0.514. The molecule has 0 atom stereocenters. The first-order valence-corrected chi connectivity index (χ1v) is 9.85. The number of hydrogen-bond donors (Lipinski definition) is 1. The van der Waals surface area contributed by atoms with Crippen LogP contribution in [0.1, 0.15) is 23.8 Å². The second kappa shape index (κ2) is 9.50. The molecule has 2 aromatic rings. The predicted octanol–water partition coefficient (Wildman–Crippen LogP) is 1.79. The average molecular weight is 364 g/mol. The SMILES string of the molecule is CSCCCNC(=NCc1nnc(C)n1C)N(C)Cc1cccn1C. The molecule has 0 aliphatic rings. The van der Waals surface area contributed by atoms with Crippen molar-refractivity contribution in [2.75, 3.05) is 25.6 Å². The van der Waals surface area contributed by atoms with E-state index in [0.29, 0.717) is 6.54 Å². The van der Waals surface area contributed by atoms with E-state index in [1.807, 2.05) is 30.3 Å². The summed E-state index contributed by atoms with van der Waals surface area (Å²) in [6.45, 7) is 4.17. The van der Waals surface area contributed by atoms with Crippen molar-refractivity contribution in [2.45, 2.75) is 26.4 Å². The quantitative estimate of drug-likeness (QED) is 0.440. The molecule has 138 valence electrons. The number of guanidine groups is 1. The molecule has 0 amide bonds. The van der Waals surface area contributed by atoms with Crippen LogP contribution in [0.5, 0.6) is 0 Å². The molecule has 1 N–H and O–H groups in total. The summed E-state index contributed by atoms with van der Waals surface area (Å²) in [6, 6.07) is 4.20. The maximum Gasteiger partial charge on any atom is 0.194 e. The van der Waals surface area contributed by atoms with Crippen LogP contribution in [0.25, 0.3) is 0 Å². The first kappa shape index (κ1) is 19.4. The van der Waals surface area contributed by atoms with Gasteiger partial charge in [-0.15, -0.1) is 10.2 Å². The van der Waals surface area contributed by atoms with E-state index in [1.165, 1.54) is 5.69 Å². The van der Waals surface area contributed by atoms with Gasteiger partial charge in [-0.3, -0.25) is 0 Å². The molecule has 25 heavy (non-hydrogen) atoms. The molecule has 0 unspecified atom stereocenters. The van der Waals surface area contributed by atoms with Gasteiger partial charge in [-0.2, -0.15) is 11.8 Å². The highest BCUT2D eigenvalue weighted by atomic mass is 32.2. The Morgan fingerprint density at radius 2 is 2.16 bits per heavy atom. The smallest absolute Gasteiger partial charge is 0.194 e. The number of nitrogens with zero attached hydrogens (tertiary/aromatic N) is 6. The normalized spacial score (nSPS) is 11.8. The Kier molecular flexibility index (Phi) is 7.36. The number of nitrogens with one attached hydrogen (secondary N) is 1. The van der Waals surface area contributed by atoms with Crippen LogP contribution >= 0.6 is 11.8 Å². The van der Waals surface area contributed by atoms with Gasteiger partial charge in [0.25, 0.3) is 0 Å². The fourth-order valence-electron chi connectivity index (χ4n) is 2.44. The summed E-state index contributed by atoms with van der Waals surface area (Å²) >= 11 is 1.86. The van der Waals surface area contributed by atoms with Crippen LogP contribution < -0.4 is 5.32 Å². The first-order valence-electron chi connectivity index (χ1n) is 8.46. The molecule has 7 nitrogen and oxygen atoms in total. The molecule has 2 heterocycles. The van der Waals surface area contributed by atoms with Crippen LogP contribution in [-0.2, 0) is 27.2 Å². The Balaban J connectivity index is 2.06. The molecular formula is C17H29N7S. The second-order valence-electron chi connectivity index (χ2n) is 6.10. The van der Waals surface area contributed by atoms with Crippen LogP contribution in [0, 0.1) is 6.92 Å². The lowest BCUT2D eigenvalue weighted by molar-refractivity contribution is 0.459. The average Bonchev–Trinajstić information content (AvgIpc) is 3.14. The van der Waals surface area contributed by atoms with Crippen LogP contribution in [0.4, 0.5) is 0 Å². The van der Waals surface area contributed by atoms with Gasteiger partial charge in [-0.05, 0) is 37.5 Å². The van der Waals surface area contributed by atoms with Gasteiger partial charge in [0.05, 0.1) is 6.54 Å². The third kappa shape index (κ3) is 5.52. The van der Waals surface area contributed by atoms with Crippen molar-refractivity contribution in [3.8, 4) is 0 Å². The molecule has 0 fully saturated rings. The van der Waals surface area contributed by atoms with Gasteiger partial charge in [0.15, 0.2) is 11.8 Å². The molecule has 8 heteroatoms. The molecule has 2 aromatic heterocycles. The summed E-state index contributed by atoms with van der Waals surface area (Å²) in [5.74, 6) is 3.80. The van der Waals surface area contributed by atoms with Crippen LogP contribution in [0.3, 0.4) is 0 Å². The van der Waals surface area contributed by atoms with E-state index in [2.05, 4.69) is 63.7 Å². The van der Waals surface area contributed by atoms with Crippen molar-refractivity contribution in [3.63, 3.8) is 0 Å². The van der Waals surface area contributed by atoms with E-state index in [0.717, 1.165) is 42.9 Å². The third-order valence-electron chi connectivity index (χ3n) is 4.17. The summed E-state index contributed by atoms with van der Waals surface area (Å²) in [7, 11) is 6.10. The van der Waals surface area contributed by atoms with E-state index < -0.39 is 0 Å². The molecule has 0 aliphatic heterocycles. The van der Waals surface area contributed by atoms with Crippen molar-refractivity contribution in [3.05, 3.63) is 35.7 Å².